The van der Waals surface area contributed by atoms with Crippen molar-refractivity contribution in [2.45, 2.75) is 30.8 Å². The highest BCUT2D eigenvalue weighted by Gasteiger charge is 2.20. The van der Waals surface area contributed by atoms with Crippen molar-refractivity contribution >= 4 is 15.9 Å². The number of carbonyl (C=O) groups excluding carboxylic acids is 1. The highest BCUT2D eigenvalue weighted by Crippen LogP contribution is 2.15. The number of hydrogen-bond acceptors (Lipinski definition) is 5. The first kappa shape index (κ1) is 22.6. The van der Waals surface area contributed by atoms with E-state index < -0.39 is 15.8 Å². The van der Waals surface area contributed by atoms with E-state index in [0.717, 1.165) is 23.3 Å². The first-order chi connectivity index (χ1) is 14.8. The molecule has 1 amide bonds. The number of sulfonamides is 1. The number of halogens is 1. The van der Waals surface area contributed by atoms with Gasteiger partial charge in [0.1, 0.15) is 18.5 Å². The van der Waals surface area contributed by atoms with Gasteiger partial charge >= 0.3 is 0 Å². The minimum absolute atomic E-state index is 0.0214. The van der Waals surface area contributed by atoms with Crippen LogP contribution in [0.15, 0.2) is 66.1 Å². The van der Waals surface area contributed by atoms with Crippen LogP contribution in [0.4, 0.5) is 4.39 Å². The van der Waals surface area contributed by atoms with Crippen molar-refractivity contribution in [3.63, 3.8) is 0 Å². The van der Waals surface area contributed by atoms with Crippen LogP contribution in [-0.2, 0) is 27.9 Å². The fourth-order valence-electron chi connectivity index (χ4n) is 2.92. The molecule has 0 unspecified atom stereocenters. The lowest BCUT2D eigenvalue weighted by molar-refractivity contribution is -0.121. The van der Waals surface area contributed by atoms with E-state index in [-0.39, 0.29) is 23.8 Å². The molecule has 0 atom stereocenters. The monoisotopic (exact) mass is 445 g/mol. The number of aromatic nitrogens is 3. The van der Waals surface area contributed by atoms with E-state index in [1.807, 2.05) is 24.3 Å². The lowest BCUT2D eigenvalue weighted by Crippen LogP contribution is -2.29. The number of carbonyl (C=O) groups is 1. The minimum atomic E-state index is -3.71. The molecule has 1 aromatic heterocycles. The average molecular weight is 446 g/mol. The van der Waals surface area contributed by atoms with Crippen LogP contribution in [0.2, 0.25) is 0 Å². The summed E-state index contributed by atoms with van der Waals surface area (Å²) >= 11 is 0. The molecule has 0 radical (unpaired) electrons. The van der Waals surface area contributed by atoms with E-state index in [4.69, 9.17) is 0 Å². The number of amides is 1. The first-order valence-corrected chi connectivity index (χ1v) is 11.2. The molecule has 0 fully saturated rings. The maximum atomic E-state index is 13.0. The Labute approximate surface area is 180 Å². The molecule has 0 aliphatic heterocycles. The third-order valence-corrected chi connectivity index (χ3v) is 6.59. The van der Waals surface area contributed by atoms with E-state index >= 15 is 0 Å². The van der Waals surface area contributed by atoms with E-state index in [0.29, 0.717) is 19.5 Å². The van der Waals surface area contributed by atoms with Gasteiger partial charge in [0, 0.05) is 26.6 Å². The molecule has 31 heavy (non-hydrogen) atoms. The summed E-state index contributed by atoms with van der Waals surface area (Å²) in [6, 6.07) is 12.5. The summed E-state index contributed by atoms with van der Waals surface area (Å²) in [4.78, 5) is 16.0. The van der Waals surface area contributed by atoms with Gasteiger partial charge in [0.05, 0.1) is 11.4 Å². The minimum Gasteiger partial charge on any atom is -0.352 e. The van der Waals surface area contributed by atoms with Crippen molar-refractivity contribution in [1.29, 1.82) is 0 Å². The van der Waals surface area contributed by atoms with Gasteiger partial charge in [-0.15, -0.1) is 0 Å². The van der Waals surface area contributed by atoms with Crippen LogP contribution in [0.3, 0.4) is 0 Å². The molecule has 0 aliphatic rings. The summed E-state index contributed by atoms with van der Waals surface area (Å²) in [6.07, 6.45) is 3.71. The Morgan fingerprint density at radius 2 is 1.77 bits per heavy atom. The van der Waals surface area contributed by atoms with Crippen LogP contribution in [0.25, 0.3) is 0 Å². The smallest absolute Gasteiger partial charge is 0.242 e. The van der Waals surface area contributed by atoms with Gasteiger partial charge in [-0.3, -0.25) is 4.79 Å². The summed E-state index contributed by atoms with van der Waals surface area (Å²) in [5, 5.41) is 6.90. The van der Waals surface area contributed by atoms with E-state index in [1.54, 1.807) is 11.0 Å². The normalized spacial score (nSPS) is 11.6. The third kappa shape index (κ3) is 6.43. The Kier molecular flexibility index (Phi) is 7.48. The first-order valence-electron chi connectivity index (χ1n) is 9.73. The zero-order valence-electron chi connectivity index (χ0n) is 17.1. The quantitative estimate of drug-likeness (QED) is 0.516. The zero-order valence-corrected chi connectivity index (χ0v) is 17.9. The zero-order chi connectivity index (χ0) is 22.3. The van der Waals surface area contributed by atoms with Crippen LogP contribution in [0.1, 0.15) is 24.0 Å². The van der Waals surface area contributed by atoms with Gasteiger partial charge in [0.25, 0.3) is 0 Å². The van der Waals surface area contributed by atoms with Gasteiger partial charge in [0.15, 0.2) is 0 Å². The Morgan fingerprint density at radius 1 is 1.10 bits per heavy atom. The van der Waals surface area contributed by atoms with Crippen LogP contribution < -0.4 is 5.32 Å². The molecule has 2 aromatic carbocycles. The number of nitrogens with zero attached hydrogens (tertiary/aromatic N) is 4. The SMILES string of the molecule is CN(CCCC(=O)NCc1ccc(Cn2cncn2)cc1)S(=O)(=O)c1ccc(F)cc1. The number of benzene rings is 2. The highest BCUT2D eigenvalue weighted by molar-refractivity contribution is 7.89. The van der Waals surface area contributed by atoms with Crippen LogP contribution in [-0.4, -0.2) is 47.0 Å². The topological polar surface area (TPSA) is 97.2 Å². The number of rotatable bonds is 10. The average Bonchev–Trinajstić information content (AvgIpc) is 3.26. The Balaban J connectivity index is 1.40. The van der Waals surface area contributed by atoms with Crippen molar-refractivity contribution in [2.24, 2.45) is 0 Å². The molecule has 1 heterocycles. The van der Waals surface area contributed by atoms with Gasteiger partial charge in [-0.05, 0) is 41.8 Å². The highest BCUT2D eigenvalue weighted by atomic mass is 32.2. The Hall–Kier alpha value is -3.11. The van der Waals surface area contributed by atoms with Crippen LogP contribution in [0, 0.1) is 5.82 Å². The molecule has 0 aliphatic carbocycles. The van der Waals surface area contributed by atoms with E-state index in [2.05, 4.69) is 15.4 Å². The Bertz CT molecular complexity index is 1090. The molecular formula is C21H24FN5O3S. The van der Waals surface area contributed by atoms with Crippen LogP contribution in [0.5, 0.6) is 0 Å². The van der Waals surface area contributed by atoms with Crippen molar-refractivity contribution < 1.29 is 17.6 Å². The van der Waals surface area contributed by atoms with Crippen molar-refractivity contribution in [3.8, 4) is 0 Å². The predicted molar refractivity (Wildman–Crippen MR) is 113 cm³/mol. The summed E-state index contributed by atoms with van der Waals surface area (Å²) in [6.45, 7) is 1.21. The molecular weight excluding hydrogens is 421 g/mol. The molecule has 8 nitrogen and oxygen atoms in total. The van der Waals surface area contributed by atoms with E-state index in [1.165, 1.54) is 29.8 Å². The standard InChI is InChI=1S/C21H24FN5O3S/c1-26(31(29,30)20-10-8-19(22)9-11-20)12-2-3-21(28)24-13-17-4-6-18(7-5-17)14-27-16-23-15-25-27/h4-11,15-16H,2-3,12-14H2,1H3,(H,24,28). The summed E-state index contributed by atoms with van der Waals surface area (Å²) in [5.41, 5.74) is 2.04. The molecule has 0 bridgehead atoms. The largest absolute Gasteiger partial charge is 0.352 e. The van der Waals surface area contributed by atoms with Crippen molar-refractivity contribution in [2.75, 3.05) is 13.6 Å². The van der Waals surface area contributed by atoms with Gasteiger partial charge in [-0.1, -0.05) is 24.3 Å². The number of nitrogens with one attached hydrogen (secondary N) is 1. The van der Waals surface area contributed by atoms with Gasteiger partial charge in [-0.25, -0.2) is 26.8 Å². The number of hydrogen-bond donors (Lipinski definition) is 1. The van der Waals surface area contributed by atoms with Gasteiger partial charge in [-0.2, -0.15) is 5.10 Å². The molecule has 0 spiro atoms. The molecule has 3 aromatic rings. The second-order valence-electron chi connectivity index (χ2n) is 7.07. The second-order valence-corrected chi connectivity index (χ2v) is 9.12. The molecule has 0 saturated heterocycles. The summed E-state index contributed by atoms with van der Waals surface area (Å²) in [7, 11) is -2.27. The fraction of sp³-hybridized carbons (Fsp3) is 0.286. The maximum Gasteiger partial charge on any atom is 0.242 e. The molecule has 1 N–H and O–H groups in total. The molecule has 10 heteroatoms. The predicted octanol–water partition coefficient (Wildman–Crippen LogP) is 2.18. The third-order valence-electron chi connectivity index (χ3n) is 4.72. The molecule has 164 valence electrons. The van der Waals surface area contributed by atoms with Crippen molar-refractivity contribution in [1.82, 2.24) is 24.4 Å². The van der Waals surface area contributed by atoms with E-state index in [9.17, 15) is 17.6 Å². The maximum absolute atomic E-state index is 13.0. The van der Waals surface area contributed by atoms with Gasteiger partial charge < -0.3 is 5.32 Å². The summed E-state index contributed by atoms with van der Waals surface area (Å²) < 4.78 is 40.8. The van der Waals surface area contributed by atoms with Crippen LogP contribution >= 0.6 is 0 Å². The lowest BCUT2D eigenvalue weighted by Gasteiger charge is -2.17. The lowest BCUT2D eigenvalue weighted by atomic mass is 10.1. The fourth-order valence-corrected chi connectivity index (χ4v) is 4.13. The molecule has 3 rings (SSSR count). The second kappa shape index (κ2) is 10.3. The van der Waals surface area contributed by atoms with Crippen molar-refractivity contribution in [3.05, 3.63) is 78.1 Å². The Morgan fingerprint density at radius 3 is 2.42 bits per heavy atom. The summed E-state index contributed by atoms with van der Waals surface area (Å²) in [5.74, 6) is -0.651. The van der Waals surface area contributed by atoms with Gasteiger partial charge in [0.2, 0.25) is 15.9 Å². The molecule has 0 saturated carbocycles.